The number of benzene rings is 2. The molecule has 0 N–H and O–H groups in total. The fourth-order valence-electron chi connectivity index (χ4n) is 5.56. The average Bonchev–Trinajstić information content (AvgIpc) is 3.27. The van der Waals surface area contributed by atoms with Gasteiger partial charge in [0.2, 0.25) is 11.4 Å². The number of rotatable bonds is 19. The Morgan fingerprint density at radius 1 is 0.553 bits per heavy atom. The van der Waals surface area contributed by atoms with Crippen molar-refractivity contribution in [2.45, 2.75) is 130 Å². The van der Waals surface area contributed by atoms with Crippen LogP contribution in [-0.4, -0.2) is 4.70 Å². The molecule has 1 aliphatic heterocycles. The van der Waals surface area contributed by atoms with E-state index >= 15 is 0 Å². The number of unbranched alkanes of at least 4 members (excludes halogenated alkanes) is 11. The van der Waals surface area contributed by atoms with Gasteiger partial charge in [-0.15, -0.1) is 0 Å². The minimum Gasteiger partial charge on any atom is -0.493 e. The maximum absolute atomic E-state index is 11.4. The largest absolute Gasteiger partial charge is 0.493 e. The molecule has 0 fully saturated rings. The lowest BCUT2D eigenvalue weighted by Gasteiger charge is -2.11. The van der Waals surface area contributed by atoms with Crippen molar-refractivity contribution in [1.29, 1.82) is 0 Å². The molecule has 0 spiro atoms. The van der Waals surface area contributed by atoms with Crippen molar-refractivity contribution in [1.82, 2.24) is 0 Å². The van der Waals surface area contributed by atoms with Gasteiger partial charge in [-0.2, -0.15) is 0 Å². The second-order valence-corrected chi connectivity index (χ2v) is 11.3. The second kappa shape index (κ2) is 17.2. The first-order chi connectivity index (χ1) is 18.7. The van der Waals surface area contributed by atoms with E-state index in [4.69, 9.17) is 0 Å². The maximum atomic E-state index is 11.4. The highest BCUT2D eigenvalue weighted by Gasteiger charge is 2.28. The third-order valence-electron chi connectivity index (χ3n) is 7.94. The van der Waals surface area contributed by atoms with Crippen LogP contribution in [0.15, 0.2) is 60.2 Å². The van der Waals surface area contributed by atoms with E-state index in [1.807, 2.05) is 0 Å². The van der Waals surface area contributed by atoms with Crippen LogP contribution in [0.2, 0.25) is 0 Å². The summed E-state index contributed by atoms with van der Waals surface area (Å²) >= 11 is 0. The Balaban J connectivity index is 1.65. The molecule has 0 saturated carbocycles. The van der Waals surface area contributed by atoms with Crippen molar-refractivity contribution in [3.05, 3.63) is 88.0 Å². The highest BCUT2D eigenvalue weighted by atomic mass is 15.2. The zero-order valence-corrected chi connectivity index (χ0v) is 24.6. The summed E-state index contributed by atoms with van der Waals surface area (Å²) in [6, 6.07) is 17.8. The van der Waals surface area contributed by atoms with Gasteiger partial charge in [0.05, 0.1) is 0 Å². The lowest BCUT2D eigenvalue weighted by atomic mass is 9.99. The zero-order chi connectivity index (χ0) is 27.0. The van der Waals surface area contributed by atoms with Gasteiger partial charge in [0.15, 0.2) is 0 Å². The van der Waals surface area contributed by atoms with Crippen LogP contribution in [0.1, 0.15) is 139 Å². The van der Waals surface area contributed by atoms with Crippen LogP contribution in [0.4, 0.5) is 0 Å². The number of nitrogens with zero attached hydrogens (tertiary/aromatic N) is 2. The van der Waals surface area contributed by atoms with Crippen molar-refractivity contribution < 1.29 is 4.70 Å². The molecule has 2 heteroatoms. The predicted octanol–water partition coefficient (Wildman–Crippen LogP) is 11.5. The molecule has 0 bridgehead atoms. The van der Waals surface area contributed by atoms with Crippen LogP contribution in [0.3, 0.4) is 0 Å². The first kappa shape index (κ1) is 30.1. The van der Waals surface area contributed by atoms with Crippen LogP contribution in [0.5, 0.6) is 0 Å². The Hall–Kier alpha value is -2.48. The van der Waals surface area contributed by atoms with Gasteiger partial charge in [-0.1, -0.05) is 116 Å². The summed E-state index contributed by atoms with van der Waals surface area (Å²) in [6.45, 7) is 6.78. The SMILES string of the molecule is CCCCCCCCc1ccc(C2=CC(CCCC)=C(c3cccc(CCCCCCCC)c3)[N+]2=[N-])cc1. The molecule has 0 saturated heterocycles. The van der Waals surface area contributed by atoms with Gasteiger partial charge in [0.1, 0.15) is 0 Å². The van der Waals surface area contributed by atoms with E-state index in [1.165, 1.54) is 98.4 Å². The Kier molecular flexibility index (Phi) is 13.6. The first-order valence-electron chi connectivity index (χ1n) is 15.8. The molecule has 0 unspecified atom stereocenters. The van der Waals surface area contributed by atoms with Gasteiger partial charge in [0.25, 0.3) is 0 Å². The van der Waals surface area contributed by atoms with Crippen LogP contribution in [0, 0.1) is 0 Å². The van der Waals surface area contributed by atoms with Gasteiger partial charge in [-0.05, 0) is 73.9 Å². The van der Waals surface area contributed by atoms with Crippen LogP contribution in [0.25, 0.3) is 16.9 Å². The van der Waals surface area contributed by atoms with Crippen molar-refractivity contribution >= 4 is 11.4 Å². The van der Waals surface area contributed by atoms with Crippen LogP contribution in [-0.2, 0) is 12.8 Å². The minimum atomic E-state index is 0.901. The molecular formula is C36H52N2. The summed E-state index contributed by atoms with van der Waals surface area (Å²) in [7, 11) is 0. The van der Waals surface area contributed by atoms with Crippen molar-refractivity contribution in [2.75, 3.05) is 0 Å². The van der Waals surface area contributed by atoms with Crippen LogP contribution < -0.4 is 0 Å². The standard InChI is InChI=1S/C36H52N2/c1-4-7-10-12-14-16-19-30-24-26-32(27-25-30)35-29-34(22-9-6-3)36(38(35)37)33-23-18-21-31(28-33)20-17-15-13-11-8-5-2/h18,21,23-29H,4-17,19-20,22H2,1-3H3. The van der Waals surface area contributed by atoms with E-state index in [0.717, 1.165) is 54.6 Å². The van der Waals surface area contributed by atoms with Gasteiger partial charge in [-0.25, -0.2) is 4.70 Å². The second-order valence-electron chi connectivity index (χ2n) is 11.3. The molecule has 1 aliphatic rings. The molecule has 0 atom stereocenters. The molecular weight excluding hydrogens is 460 g/mol. The average molecular weight is 513 g/mol. The molecule has 0 aliphatic carbocycles. The Bertz CT molecular complexity index is 1040. The lowest BCUT2D eigenvalue weighted by Crippen LogP contribution is -2.03. The summed E-state index contributed by atoms with van der Waals surface area (Å²) in [5.74, 6) is 0. The monoisotopic (exact) mass is 512 g/mol. The van der Waals surface area contributed by atoms with E-state index in [2.05, 4.69) is 75.4 Å². The van der Waals surface area contributed by atoms with Gasteiger partial charge in [-0.3, -0.25) is 0 Å². The molecule has 1 heterocycles. The van der Waals surface area contributed by atoms with E-state index in [0.29, 0.717) is 0 Å². The van der Waals surface area contributed by atoms with Crippen molar-refractivity contribution in [3.8, 4) is 0 Å². The molecule has 0 radical (unpaired) electrons. The summed E-state index contributed by atoms with van der Waals surface area (Å²) in [4.78, 5) is 0. The van der Waals surface area contributed by atoms with Gasteiger partial charge >= 0.3 is 0 Å². The quantitative estimate of drug-likeness (QED) is 0.132. The molecule has 2 aromatic rings. The summed E-state index contributed by atoms with van der Waals surface area (Å²) in [5, 5.41) is 0. The van der Waals surface area contributed by atoms with E-state index < -0.39 is 0 Å². The third-order valence-corrected chi connectivity index (χ3v) is 7.94. The lowest BCUT2D eigenvalue weighted by molar-refractivity contribution is -0.344. The molecule has 0 amide bonds. The van der Waals surface area contributed by atoms with Crippen molar-refractivity contribution in [3.63, 3.8) is 0 Å². The normalized spacial score (nSPS) is 13.4. The number of allylic oxidation sites excluding steroid dienone is 2. The number of aryl methyl sites for hydroxylation is 2. The smallest absolute Gasteiger partial charge is 0.210 e. The Morgan fingerprint density at radius 2 is 1.13 bits per heavy atom. The first-order valence-corrected chi connectivity index (χ1v) is 15.8. The van der Waals surface area contributed by atoms with Crippen molar-refractivity contribution in [2.24, 2.45) is 0 Å². The summed E-state index contributed by atoms with van der Waals surface area (Å²) in [6.07, 6.45) is 23.6. The molecule has 3 rings (SSSR count). The van der Waals surface area contributed by atoms with E-state index in [9.17, 15) is 5.53 Å². The van der Waals surface area contributed by atoms with E-state index in [1.54, 1.807) is 0 Å². The molecule has 206 valence electrons. The maximum Gasteiger partial charge on any atom is 0.210 e. The number of hydrogen-bond acceptors (Lipinski definition) is 0. The molecule has 38 heavy (non-hydrogen) atoms. The topological polar surface area (TPSA) is 25.3 Å². The Labute approximate surface area is 233 Å². The fourth-order valence-corrected chi connectivity index (χ4v) is 5.56. The number of hydrogen-bond donors (Lipinski definition) is 0. The highest BCUT2D eigenvalue weighted by Crippen LogP contribution is 2.37. The molecule has 2 nitrogen and oxygen atoms in total. The third kappa shape index (κ3) is 9.37. The van der Waals surface area contributed by atoms with Crippen LogP contribution >= 0.6 is 0 Å². The van der Waals surface area contributed by atoms with Gasteiger partial charge in [0, 0.05) is 22.8 Å². The summed E-state index contributed by atoms with van der Waals surface area (Å²) < 4.78 is 1.46. The van der Waals surface area contributed by atoms with E-state index in [-0.39, 0.29) is 0 Å². The fraction of sp³-hybridized carbons (Fsp3) is 0.556. The summed E-state index contributed by atoms with van der Waals surface area (Å²) in [5.41, 5.74) is 19.5. The zero-order valence-electron chi connectivity index (χ0n) is 24.6. The highest BCUT2D eigenvalue weighted by molar-refractivity contribution is 5.78. The predicted molar refractivity (Wildman–Crippen MR) is 165 cm³/mol. The minimum absolute atomic E-state index is 0.901. The molecule has 2 aromatic carbocycles. The van der Waals surface area contributed by atoms with Gasteiger partial charge < -0.3 is 5.53 Å². The Morgan fingerprint density at radius 3 is 1.76 bits per heavy atom. The molecule has 0 aromatic heterocycles.